The maximum Gasteiger partial charge on any atom is 0.255 e. The first-order valence-electron chi connectivity index (χ1n) is 4.87. The molecule has 1 rings (SSSR count). The van der Waals surface area contributed by atoms with Gasteiger partial charge in [-0.1, -0.05) is 5.16 Å². The monoisotopic (exact) mass is 240 g/mol. The molecule has 1 aromatic heterocycles. The predicted octanol–water partition coefficient (Wildman–Crippen LogP) is 0.429. The van der Waals surface area contributed by atoms with E-state index in [1.54, 1.807) is 0 Å². The Labute approximate surface area is 97.5 Å². The van der Waals surface area contributed by atoms with E-state index < -0.39 is 5.82 Å². The second kappa shape index (κ2) is 5.78. The van der Waals surface area contributed by atoms with Gasteiger partial charge in [-0.3, -0.25) is 9.78 Å². The van der Waals surface area contributed by atoms with Crippen LogP contribution < -0.4 is 5.73 Å². The number of hydrogen-bond acceptors (Lipinski definition) is 4. The van der Waals surface area contributed by atoms with Crippen molar-refractivity contribution in [1.29, 1.82) is 0 Å². The average Bonchev–Trinajstić information content (AvgIpc) is 2.34. The van der Waals surface area contributed by atoms with E-state index >= 15 is 0 Å². The molecule has 0 saturated heterocycles. The highest BCUT2D eigenvalue weighted by Crippen LogP contribution is 2.04. The van der Waals surface area contributed by atoms with Crippen LogP contribution in [-0.2, 0) is 0 Å². The molecule has 3 N–H and O–H groups in total. The number of rotatable bonds is 4. The van der Waals surface area contributed by atoms with Crippen LogP contribution in [0.5, 0.6) is 0 Å². The van der Waals surface area contributed by atoms with E-state index in [-0.39, 0.29) is 30.3 Å². The van der Waals surface area contributed by atoms with Gasteiger partial charge in [0.05, 0.1) is 11.8 Å². The van der Waals surface area contributed by atoms with Gasteiger partial charge in [-0.05, 0) is 6.07 Å². The van der Waals surface area contributed by atoms with Gasteiger partial charge in [-0.25, -0.2) is 4.39 Å². The van der Waals surface area contributed by atoms with Crippen LogP contribution in [0.4, 0.5) is 4.39 Å². The van der Waals surface area contributed by atoms with Crippen LogP contribution in [0.3, 0.4) is 0 Å². The Morgan fingerprint density at radius 3 is 2.94 bits per heavy atom. The van der Waals surface area contributed by atoms with Crippen LogP contribution in [0.1, 0.15) is 16.8 Å². The Morgan fingerprint density at radius 2 is 2.35 bits per heavy atom. The number of halogens is 1. The third-order valence-electron chi connectivity index (χ3n) is 2.13. The first-order valence-corrected chi connectivity index (χ1v) is 4.87. The van der Waals surface area contributed by atoms with Crippen LogP contribution in [-0.4, -0.2) is 40.4 Å². The van der Waals surface area contributed by atoms with Crippen molar-refractivity contribution in [1.82, 2.24) is 9.88 Å². The first-order chi connectivity index (χ1) is 8.04. The van der Waals surface area contributed by atoms with Crippen molar-refractivity contribution < 1.29 is 14.4 Å². The van der Waals surface area contributed by atoms with E-state index in [1.165, 1.54) is 18.1 Å². The number of amides is 1. The molecule has 0 bridgehead atoms. The molecular weight excluding hydrogens is 227 g/mol. The highest BCUT2D eigenvalue weighted by molar-refractivity contribution is 5.94. The quantitative estimate of drug-likeness (QED) is 0.345. The lowest BCUT2D eigenvalue weighted by Crippen LogP contribution is -2.30. The van der Waals surface area contributed by atoms with Crippen molar-refractivity contribution in [2.75, 3.05) is 13.6 Å². The first kappa shape index (κ1) is 12.9. The summed E-state index contributed by atoms with van der Waals surface area (Å²) in [4.78, 5) is 16.7. The van der Waals surface area contributed by atoms with Crippen LogP contribution in [0.2, 0.25) is 0 Å². The minimum Gasteiger partial charge on any atom is -0.409 e. The zero-order chi connectivity index (χ0) is 12.8. The summed E-state index contributed by atoms with van der Waals surface area (Å²) in [7, 11) is 1.54. The molecule has 0 aromatic carbocycles. The summed E-state index contributed by atoms with van der Waals surface area (Å²) >= 11 is 0. The van der Waals surface area contributed by atoms with Gasteiger partial charge in [-0.2, -0.15) is 0 Å². The third-order valence-corrected chi connectivity index (χ3v) is 2.13. The minimum absolute atomic E-state index is 0.0296. The van der Waals surface area contributed by atoms with E-state index in [4.69, 9.17) is 10.9 Å². The van der Waals surface area contributed by atoms with Crippen molar-refractivity contribution in [2.45, 2.75) is 6.42 Å². The summed E-state index contributed by atoms with van der Waals surface area (Å²) in [6.45, 7) is 0.269. The molecular formula is C10H13FN4O2. The SMILES string of the molecule is CN(CC/C(N)=N/O)C(=O)c1cncc(F)c1. The summed E-state index contributed by atoms with van der Waals surface area (Å²) in [6, 6.07) is 1.11. The Hall–Kier alpha value is -2.18. The van der Waals surface area contributed by atoms with Crippen molar-refractivity contribution in [3.05, 3.63) is 29.8 Å². The number of pyridine rings is 1. The molecule has 0 fully saturated rings. The number of carbonyl (C=O) groups excluding carboxylic acids is 1. The Bertz CT molecular complexity index is 436. The topological polar surface area (TPSA) is 91.8 Å². The molecule has 92 valence electrons. The summed E-state index contributed by atoms with van der Waals surface area (Å²) in [6.07, 6.45) is 2.54. The maximum atomic E-state index is 12.9. The van der Waals surface area contributed by atoms with Crippen molar-refractivity contribution in [2.24, 2.45) is 10.9 Å². The van der Waals surface area contributed by atoms with E-state index in [0.717, 1.165) is 12.3 Å². The van der Waals surface area contributed by atoms with Gasteiger partial charge >= 0.3 is 0 Å². The largest absolute Gasteiger partial charge is 0.409 e. The van der Waals surface area contributed by atoms with Gasteiger partial charge in [-0.15, -0.1) is 0 Å². The Morgan fingerprint density at radius 1 is 1.65 bits per heavy atom. The lowest BCUT2D eigenvalue weighted by atomic mass is 10.2. The summed E-state index contributed by atoms with van der Waals surface area (Å²) in [5.74, 6) is -0.912. The fraction of sp³-hybridized carbons (Fsp3) is 0.300. The molecule has 0 spiro atoms. The molecule has 1 heterocycles. The molecule has 0 aliphatic carbocycles. The van der Waals surface area contributed by atoms with E-state index in [2.05, 4.69) is 10.1 Å². The third kappa shape index (κ3) is 3.71. The van der Waals surface area contributed by atoms with Crippen LogP contribution in [0.15, 0.2) is 23.6 Å². The molecule has 6 nitrogen and oxygen atoms in total. The zero-order valence-corrected chi connectivity index (χ0v) is 9.30. The molecule has 0 aliphatic rings. The summed E-state index contributed by atoms with van der Waals surface area (Å²) in [5.41, 5.74) is 5.43. The molecule has 0 aliphatic heterocycles. The number of amidine groups is 1. The second-order valence-electron chi connectivity index (χ2n) is 3.46. The van der Waals surface area contributed by atoms with E-state index in [0.29, 0.717) is 0 Å². The fourth-order valence-corrected chi connectivity index (χ4v) is 1.18. The fourth-order valence-electron chi connectivity index (χ4n) is 1.18. The summed E-state index contributed by atoms with van der Waals surface area (Å²) < 4.78 is 12.9. The number of hydrogen-bond donors (Lipinski definition) is 2. The molecule has 0 atom stereocenters. The van der Waals surface area contributed by atoms with Gasteiger partial charge in [0.25, 0.3) is 5.91 Å². The molecule has 1 amide bonds. The second-order valence-corrected chi connectivity index (χ2v) is 3.46. The van der Waals surface area contributed by atoms with Gasteiger partial charge in [0.2, 0.25) is 0 Å². The number of nitrogens with zero attached hydrogens (tertiary/aromatic N) is 3. The molecule has 7 heteroatoms. The van der Waals surface area contributed by atoms with Crippen molar-refractivity contribution in [3.8, 4) is 0 Å². The smallest absolute Gasteiger partial charge is 0.255 e. The normalized spacial score (nSPS) is 11.3. The van der Waals surface area contributed by atoms with Gasteiger partial charge in [0.15, 0.2) is 0 Å². The maximum absolute atomic E-state index is 12.9. The van der Waals surface area contributed by atoms with Crippen LogP contribution in [0, 0.1) is 5.82 Å². The molecule has 0 saturated carbocycles. The Kier molecular flexibility index (Phi) is 4.38. The van der Waals surface area contributed by atoms with Crippen LogP contribution >= 0.6 is 0 Å². The van der Waals surface area contributed by atoms with Crippen molar-refractivity contribution >= 4 is 11.7 Å². The van der Waals surface area contributed by atoms with Gasteiger partial charge in [0, 0.05) is 26.2 Å². The van der Waals surface area contributed by atoms with Gasteiger partial charge in [0.1, 0.15) is 11.7 Å². The number of carbonyl (C=O) groups is 1. The number of nitrogens with two attached hydrogens (primary N) is 1. The lowest BCUT2D eigenvalue weighted by molar-refractivity contribution is 0.0797. The molecule has 0 radical (unpaired) electrons. The van der Waals surface area contributed by atoms with E-state index in [1.807, 2.05) is 0 Å². The average molecular weight is 240 g/mol. The highest BCUT2D eigenvalue weighted by Gasteiger charge is 2.12. The number of oxime groups is 1. The van der Waals surface area contributed by atoms with Crippen molar-refractivity contribution in [3.63, 3.8) is 0 Å². The minimum atomic E-state index is -0.569. The standard InChI is InChI=1S/C10H13FN4O2/c1-15(3-2-9(12)14-17)10(16)7-4-8(11)6-13-5-7/h4-6,17H,2-3H2,1H3,(H2,12,14). The number of aromatic nitrogens is 1. The summed E-state index contributed by atoms with van der Waals surface area (Å²) in [5, 5.41) is 11.1. The zero-order valence-electron chi connectivity index (χ0n) is 9.30. The predicted molar refractivity (Wildman–Crippen MR) is 59.2 cm³/mol. The van der Waals surface area contributed by atoms with Gasteiger partial charge < -0.3 is 15.8 Å². The van der Waals surface area contributed by atoms with E-state index in [9.17, 15) is 9.18 Å². The van der Waals surface area contributed by atoms with Crippen LogP contribution in [0.25, 0.3) is 0 Å². The molecule has 0 unspecified atom stereocenters. The highest BCUT2D eigenvalue weighted by atomic mass is 19.1. The molecule has 1 aromatic rings. The lowest BCUT2D eigenvalue weighted by Gasteiger charge is -2.16. The Balaban J connectivity index is 2.64. The molecule has 17 heavy (non-hydrogen) atoms.